The number of rotatable bonds is 11. The predicted octanol–water partition coefficient (Wildman–Crippen LogP) is 0.627. The van der Waals surface area contributed by atoms with Gasteiger partial charge in [0.2, 0.25) is 5.91 Å². The summed E-state index contributed by atoms with van der Waals surface area (Å²) in [6.07, 6.45) is 0.778. The van der Waals surface area contributed by atoms with Crippen LogP contribution >= 0.6 is 0 Å². The van der Waals surface area contributed by atoms with Gasteiger partial charge >= 0.3 is 0 Å². The van der Waals surface area contributed by atoms with Crippen LogP contribution in [0.2, 0.25) is 0 Å². The fraction of sp³-hybridized carbons (Fsp3) is 0.500. The monoisotopic (exact) mass is 323 g/mol. The number of amides is 2. The normalized spacial score (nSPS) is 10.2. The van der Waals surface area contributed by atoms with E-state index in [9.17, 15) is 9.59 Å². The minimum Gasteiger partial charge on any atom is -0.385 e. The molecule has 0 heterocycles. The summed E-state index contributed by atoms with van der Waals surface area (Å²) in [7, 11) is 3.21. The predicted molar refractivity (Wildman–Crippen MR) is 88.6 cm³/mol. The molecule has 0 saturated carbocycles. The Morgan fingerprint density at radius 2 is 1.65 bits per heavy atom. The van der Waals surface area contributed by atoms with Crippen LogP contribution in [0.3, 0.4) is 0 Å². The smallest absolute Gasteiger partial charge is 0.251 e. The van der Waals surface area contributed by atoms with Crippen LogP contribution in [-0.4, -0.2) is 58.9 Å². The van der Waals surface area contributed by atoms with Gasteiger partial charge in [-0.2, -0.15) is 0 Å². The lowest BCUT2D eigenvalue weighted by Gasteiger charge is -2.09. The molecule has 3 N–H and O–H groups in total. The van der Waals surface area contributed by atoms with E-state index in [0.717, 1.165) is 12.1 Å². The van der Waals surface area contributed by atoms with E-state index in [-0.39, 0.29) is 18.4 Å². The lowest BCUT2D eigenvalue weighted by molar-refractivity contribution is -0.119. The fourth-order valence-corrected chi connectivity index (χ4v) is 1.80. The van der Waals surface area contributed by atoms with Crippen LogP contribution in [0.25, 0.3) is 0 Å². The van der Waals surface area contributed by atoms with Gasteiger partial charge in [-0.1, -0.05) is 0 Å². The molecule has 0 aliphatic heterocycles. The second kappa shape index (κ2) is 11.4. The summed E-state index contributed by atoms with van der Waals surface area (Å²) >= 11 is 0. The summed E-state index contributed by atoms with van der Waals surface area (Å²) < 4.78 is 9.78. The third-order valence-electron chi connectivity index (χ3n) is 3.04. The number of methoxy groups -OCH3 is 2. The molecule has 7 nitrogen and oxygen atoms in total. The second-order valence-corrected chi connectivity index (χ2v) is 4.88. The first-order valence-electron chi connectivity index (χ1n) is 7.54. The van der Waals surface area contributed by atoms with Crippen molar-refractivity contribution in [3.63, 3.8) is 0 Å². The van der Waals surface area contributed by atoms with E-state index in [1.54, 1.807) is 38.5 Å². The lowest BCUT2D eigenvalue weighted by Crippen LogP contribution is -2.32. The van der Waals surface area contributed by atoms with Crippen molar-refractivity contribution >= 4 is 17.5 Å². The minimum atomic E-state index is -0.120. The summed E-state index contributed by atoms with van der Waals surface area (Å²) in [4.78, 5) is 23.4. The number of nitrogens with one attached hydrogen (secondary N) is 3. The van der Waals surface area contributed by atoms with Crippen LogP contribution in [-0.2, 0) is 14.3 Å². The van der Waals surface area contributed by atoms with Crippen LogP contribution in [0.4, 0.5) is 5.69 Å². The first kappa shape index (κ1) is 18.9. The van der Waals surface area contributed by atoms with Crippen LogP contribution in [0.15, 0.2) is 24.3 Å². The number of anilines is 1. The van der Waals surface area contributed by atoms with Crippen molar-refractivity contribution in [1.82, 2.24) is 10.6 Å². The first-order chi connectivity index (χ1) is 11.2. The molecule has 0 saturated heterocycles. The van der Waals surface area contributed by atoms with E-state index in [4.69, 9.17) is 9.47 Å². The zero-order valence-electron chi connectivity index (χ0n) is 13.7. The molecule has 7 heteroatoms. The topological polar surface area (TPSA) is 88.7 Å². The average molecular weight is 323 g/mol. The Balaban J connectivity index is 2.32. The summed E-state index contributed by atoms with van der Waals surface area (Å²) in [5, 5.41) is 8.53. The summed E-state index contributed by atoms with van der Waals surface area (Å²) in [5.74, 6) is -0.230. The lowest BCUT2D eigenvalue weighted by atomic mass is 10.2. The molecule has 0 aliphatic carbocycles. The Hall–Kier alpha value is -2.12. The molecule has 0 fully saturated rings. The SMILES string of the molecule is COCCCNC(=O)c1ccc(NCC(=O)NCCOC)cc1. The number of benzene rings is 1. The molecule has 23 heavy (non-hydrogen) atoms. The van der Waals surface area contributed by atoms with Gasteiger partial charge in [0.05, 0.1) is 13.2 Å². The molecule has 128 valence electrons. The maximum atomic E-state index is 11.9. The van der Waals surface area contributed by atoms with Gasteiger partial charge < -0.3 is 25.4 Å². The van der Waals surface area contributed by atoms with Crippen molar-refractivity contribution < 1.29 is 19.1 Å². The van der Waals surface area contributed by atoms with E-state index in [1.807, 2.05) is 0 Å². The maximum absolute atomic E-state index is 11.9. The Morgan fingerprint density at radius 3 is 2.30 bits per heavy atom. The number of ether oxygens (including phenoxy) is 2. The maximum Gasteiger partial charge on any atom is 0.251 e. The number of hydrogen-bond donors (Lipinski definition) is 3. The zero-order valence-corrected chi connectivity index (χ0v) is 13.7. The standard InChI is InChI=1S/C16H25N3O4/c1-22-10-3-8-18-16(21)13-4-6-14(7-5-13)19-12-15(20)17-9-11-23-2/h4-7,19H,3,8-12H2,1-2H3,(H,17,20)(H,18,21). The van der Waals surface area contributed by atoms with Crippen molar-refractivity contribution in [2.45, 2.75) is 6.42 Å². The van der Waals surface area contributed by atoms with E-state index in [0.29, 0.717) is 31.9 Å². The van der Waals surface area contributed by atoms with Gasteiger partial charge in [-0.25, -0.2) is 0 Å². The molecule has 0 bridgehead atoms. The van der Waals surface area contributed by atoms with Gasteiger partial charge in [-0.05, 0) is 30.7 Å². The Morgan fingerprint density at radius 1 is 0.957 bits per heavy atom. The average Bonchev–Trinajstić information content (AvgIpc) is 2.57. The van der Waals surface area contributed by atoms with Crippen LogP contribution in [0.1, 0.15) is 16.8 Å². The minimum absolute atomic E-state index is 0.109. The van der Waals surface area contributed by atoms with Crippen molar-refractivity contribution in [3.8, 4) is 0 Å². The fourth-order valence-electron chi connectivity index (χ4n) is 1.80. The van der Waals surface area contributed by atoms with Crippen molar-refractivity contribution in [2.24, 2.45) is 0 Å². The number of carbonyl (C=O) groups is 2. The van der Waals surface area contributed by atoms with Gasteiger partial charge in [0.1, 0.15) is 0 Å². The van der Waals surface area contributed by atoms with Crippen molar-refractivity contribution in [2.75, 3.05) is 52.4 Å². The zero-order chi connectivity index (χ0) is 16.9. The molecule has 1 aromatic carbocycles. The molecular formula is C16H25N3O4. The second-order valence-electron chi connectivity index (χ2n) is 4.88. The van der Waals surface area contributed by atoms with E-state index in [1.165, 1.54) is 0 Å². The largest absolute Gasteiger partial charge is 0.385 e. The van der Waals surface area contributed by atoms with E-state index in [2.05, 4.69) is 16.0 Å². The summed E-state index contributed by atoms with van der Waals surface area (Å²) in [5.41, 5.74) is 1.36. The van der Waals surface area contributed by atoms with E-state index < -0.39 is 0 Å². The van der Waals surface area contributed by atoms with Gasteiger partial charge in [0, 0.05) is 45.2 Å². The molecule has 0 aromatic heterocycles. The van der Waals surface area contributed by atoms with E-state index >= 15 is 0 Å². The van der Waals surface area contributed by atoms with Gasteiger partial charge in [-0.3, -0.25) is 9.59 Å². The molecule has 0 unspecified atom stereocenters. The number of carbonyl (C=O) groups excluding carboxylic acids is 2. The van der Waals surface area contributed by atoms with Gasteiger partial charge in [-0.15, -0.1) is 0 Å². The Bertz CT molecular complexity index is 477. The molecule has 1 rings (SSSR count). The van der Waals surface area contributed by atoms with Crippen LogP contribution < -0.4 is 16.0 Å². The quantitative estimate of drug-likeness (QED) is 0.520. The molecule has 2 amide bonds. The molecule has 0 aliphatic rings. The first-order valence-corrected chi connectivity index (χ1v) is 7.54. The highest BCUT2D eigenvalue weighted by molar-refractivity contribution is 5.94. The highest BCUT2D eigenvalue weighted by Gasteiger charge is 2.05. The van der Waals surface area contributed by atoms with Crippen molar-refractivity contribution in [3.05, 3.63) is 29.8 Å². The van der Waals surface area contributed by atoms with Gasteiger partial charge in [0.15, 0.2) is 0 Å². The highest BCUT2D eigenvalue weighted by Crippen LogP contribution is 2.09. The van der Waals surface area contributed by atoms with Crippen molar-refractivity contribution in [1.29, 1.82) is 0 Å². The van der Waals surface area contributed by atoms with Crippen LogP contribution in [0.5, 0.6) is 0 Å². The molecule has 0 radical (unpaired) electrons. The third-order valence-corrected chi connectivity index (χ3v) is 3.04. The molecule has 1 aromatic rings. The van der Waals surface area contributed by atoms with Gasteiger partial charge in [0.25, 0.3) is 5.91 Å². The molecule has 0 spiro atoms. The third kappa shape index (κ3) is 8.18. The number of hydrogen-bond acceptors (Lipinski definition) is 5. The summed E-state index contributed by atoms with van der Waals surface area (Å²) in [6, 6.07) is 6.98. The Kier molecular flexibility index (Phi) is 9.42. The summed E-state index contributed by atoms with van der Waals surface area (Å²) in [6.45, 7) is 2.34. The van der Waals surface area contributed by atoms with Crippen LogP contribution in [0, 0.1) is 0 Å². The Labute approximate surface area is 136 Å². The molecule has 0 atom stereocenters. The highest BCUT2D eigenvalue weighted by atomic mass is 16.5. The molecular weight excluding hydrogens is 298 g/mol.